The van der Waals surface area contributed by atoms with Crippen molar-refractivity contribution in [1.29, 1.82) is 0 Å². The van der Waals surface area contributed by atoms with E-state index >= 15 is 0 Å². The number of benzene rings is 2. The van der Waals surface area contributed by atoms with Gasteiger partial charge in [-0.2, -0.15) is 8.75 Å². The first-order valence-corrected chi connectivity index (χ1v) is 10.1. The van der Waals surface area contributed by atoms with E-state index in [2.05, 4.69) is 8.75 Å². The number of carbonyl (C=O) groups excluding carboxylic acids is 1. The number of halogens is 1. The lowest BCUT2D eigenvalue weighted by Gasteiger charge is -2.36. The van der Waals surface area contributed by atoms with Crippen molar-refractivity contribution in [3.05, 3.63) is 71.3 Å². The molecule has 0 spiro atoms. The number of para-hydroxylation sites is 1. The molecule has 1 aliphatic rings. The van der Waals surface area contributed by atoms with Gasteiger partial charge in [0.05, 0.1) is 23.1 Å². The molecular formula is C21H21FN4O2S. The predicted octanol–water partition coefficient (Wildman–Crippen LogP) is 3.53. The highest BCUT2D eigenvalue weighted by molar-refractivity contribution is 6.99. The van der Waals surface area contributed by atoms with E-state index in [0.717, 1.165) is 23.1 Å². The number of nitrogens with zero attached hydrogens (tertiary/aromatic N) is 4. The minimum Gasteiger partial charge on any atom is -0.487 e. The summed E-state index contributed by atoms with van der Waals surface area (Å²) in [7, 11) is 0. The molecule has 1 fully saturated rings. The first-order chi connectivity index (χ1) is 14.1. The van der Waals surface area contributed by atoms with Crippen molar-refractivity contribution in [3.63, 3.8) is 0 Å². The zero-order chi connectivity index (χ0) is 20.2. The van der Waals surface area contributed by atoms with Crippen molar-refractivity contribution in [2.45, 2.75) is 13.5 Å². The first-order valence-electron chi connectivity index (χ1n) is 9.41. The molecule has 1 amide bonds. The van der Waals surface area contributed by atoms with Crippen LogP contribution in [0.5, 0.6) is 5.75 Å². The van der Waals surface area contributed by atoms with E-state index < -0.39 is 0 Å². The molecule has 0 unspecified atom stereocenters. The molecule has 0 N–H and O–H groups in total. The maximum absolute atomic E-state index is 14.0. The Labute approximate surface area is 172 Å². The SMILES string of the molecule is Cc1nsnc1COc1cccc(C(=O)N2CCN(c3ccccc3F)CC2)c1. The fraction of sp³-hybridized carbons (Fsp3) is 0.286. The van der Waals surface area contributed by atoms with Crippen molar-refractivity contribution in [1.82, 2.24) is 13.6 Å². The summed E-state index contributed by atoms with van der Waals surface area (Å²) >= 11 is 1.16. The van der Waals surface area contributed by atoms with E-state index in [1.165, 1.54) is 6.07 Å². The molecular weight excluding hydrogens is 391 g/mol. The average molecular weight is 412 g/mol. The van der Waals surface area contributed by atoms with E-state index in [4.69, 9.17) is 4.74 Å². The van der Waals surface area contributed by atoms with Gasteiger partial charge in [-0.25, -0.2) is 4.39 Å². The molecule has 0 bridgehead atoms. The Morgan fingerprint density at radius 3 is 2.62 bits per heavy atom. The van der Waals surface area contributed by atoms with Gasteiger partial charge in [-0.3, -0.25) is 4.79 Å². The van der Waals surface area contributed by atoms with E-state index in [-0.39, 0.29) is 11.7 Å². The third-order valence-electron chi connectivity index (χ3n) is 4.96. The van der Waals surface area contributed by atoms with Gasteiger partial charge in [0, 0.05) is 31.7 Å². The number of carbonyl (C=O) groups is 1. The van der Waals surface area contributed by atoms with Gasteiger partial charge in [-0.15, -0.1) is 0 Å². The Bertz CT molecular complexity index is 1000. The molecule has 29 heavy (non-hydrogen) atoms. The Balaban J connectivity index is 1.37. The summed E-state index contributed by atoms with van der Waals surface area (Å²) < 4.78 is 28.1. The van der Waals surface area contributed by atoms with Crippen LogP contribution in [-0.4, -0.2) is 45.7 Å². The lowest BCUT2D eigenvalue weighted by atomic mass is 10.1. The van der Waals surface area contributed by atoms with Crippen LogP contribution in [0.1, 0.15) is 21.7 Å². The highest BCUT2D eigenvalue weighted by atomic mass is 32.1. The average Bonchev–Trinajstić information content (AvgIpc) is 3.17. The lowest BCUT2D eigenvalue weighted by molar-refractivity contribution is 0.0746. The van der Waals surface area contributed by atoms with E-state index in [9.17, 15) is 9.18 Å². The van der Waals surface area contributed by atoms with Crippen LogP contribution < -0.4 is 9.64 Å². The summed E-state index contributed by atoms with van der Waals surface area (Å²) in [6, 6.07) is 13.9. The standard InChI is InChI=1S/C21H21FN4O2S/c1-15-19(24-29-23-15)14-28-17-6-4-5-16(13-17)21(27)26-11-9-25(10-12-26)20-8-3-2-7-18(20)22/h2-8,13H,9-12,14H2,1H3. The summed E-state index contributed by atoms with van der Waals surface area (Å²) in [6.07, 6.45) is 0. The number of piperazine rings is 1. The van der Waals surface area contributed by atoms with Crippen LogP contribution >= 0.6 is 11.7 Å². The number of aromatic nitrogens is 2. The minimum absolute atomic E-state index is 0.0462. The normalized spacial score (nSPS) is 14.1. The second-order valence-corrected chi connectivity index (χ2v) is 7.37. The third-order valence-corrected chi connectivity index (χ3v) is 5.62. The Morgan fingerprint density at radius 2 is 1.90 bits per heavy atom. The fourth-order valence-corrected chi connectivity index (χ4v) is 3.84. The van der Waals surface area contributed by atoms with Crippen LogP contribution in [0.15, 0.2) is 48.5 Å². The lowest BCUT2D eigenvalue weighted by Crippen LogP contribution is -2.49. The number of hydrogen-bond acceptors (Lipinski definition) is 6. The van der Waals surface area contributed by atoms with E-state index in [0.29, 0.717) is 49.8 Å². The molecule has 1 aliphatic heterocycles. The van der Waals surface area contributed by atoms with Gasteiger partial charge < -0.3 is 14.5 Å². The van der Waals surface area contributed by atoms with Crippen LogP contribution in [0.4, 0.5) is 10.1 Å². The summed E-state index contributed by atoms with van der Waals surface area (Å²) in [5.41, 5.74) is 2.82. The largest absolute Gasteiger partial charge is 0.487 e. The van der Waals surface area contributed by atoms with Gasteiger partial charge in [-0.05, 0) is 37.3 Å². The molecule has 4 rings (SSSR count). The summed E-state index contributed by atoms with van der Waals surface area (Å²) in [4.78, 5) is 16.7. The molecule has 8 heteroatoms. The zero-order valence-electron chi connectivity index (χ0n) is 16.0. The van der Waals surface area contributed by atoms with Crippen molar-refractivity contribution >= 4 is 23.3 Å². The van der Waals surface area contributed by atoms with Gasteiger partial charge in [0.25, 0.3) is 5.91 Å². The summed E-state index contributed by atoms with van der Waals surface area (Å²) in [5, 5.41) is 0. The Kier molecular flexibility index (Phi) is 5.71. The van der Waals surface area contributed by atoms with Gasteiger partial charge in [-0.1, -0.05) is 18.2 Å². The molecule has 3 aromatic rings. The van der Waals surface area contributed by atoms with E-state index in [1.54, 1.807) is 29.2 Å². The smallest absolute Gasteiger partial charge is 0.254 e. The molecule has 150 valence electrons. The number of amides is 1. The number of rotatable bonds is 5. The highest BCUT2D eigenvalue weighted by Gasteiger charge is 2.23. The Morgan fingerprint density at radius 1 is 1.10 bits per heavy atom. The molecule has 1 saturated heterocycles. The monoisotopic (exact) mass is 412 g/mol. The Hall–Kier alpha value is -3.00. The third kappa shape index (κ3) is 4.37. The molecule has 0 radical (unpaired) electrons. The van der Waals surface area contributed by atoms with Gasteiger partial charge in [0.1, 0.15) is 23.9 Å². The van der Waals surface area contributed by atoms with E-state index in [1.807, 2.05) is 30.0 Å². The second kappa shape index (κ2) is 8.57. The molecule has 0 saturated carbocycles. The zero-order valence-corrected chi connectivity index (χ0v) is 16.9. The molecule has 2 heterocycles. The van der Waals surface area contributed by atoms with Gasteiger partial charge in [0.15, 0.2) is 0 Å². The number of anilines is 1. The topological polar surface area (TPSA) is 58.6 Å². The van der Waals surface area contributed by atoms with Crippen LogP contribution in [0.25, 0.3) is 0 Å². The fourth-order valence-electron chi connectivity index (χ4n) is 3.29. The van der Waals surface area contributed by atoms with Crippen molar-refractivity contribution in [2.75, 3.05) is 31.1 Å². The molecule has 0 aliphatic carbocycles. The molecule has 0 atom stereocenters. The second-order valence-electron chi connectivity index (χ2n) is 6.84. The quantitative estimate of drug-likeness (QED) is 0.642. The maximum Gasteiger partial charge on any atom is 0.254 e. The van der Waals surface area contributed by atoms with Crippen LogP contribution in [0, 0.1) is 12.7 Å². The highest BCUT2D eigenvalue weighted by Crippen LogP contribution is 2.22. The van der Waals surface area contributed by atoms with Crippen LogP contribution in [0.3, 0.4) is 0 Å². The van der Waals surface area contributed by atoms with Gasteiger partial charge in [0.2, 0.25) is 0 Å². The van der Waals surface area contributed by atoms with Crippen LogP contribution in [-0.2, 0) is 6.61 Å². The number of hydrogen-bond donors (Lipinski definition) is 0. The number of ether oxygens (including phenoxy) is 1. The molecule has 1 aromatic heterocycles. The van der Waals surface area contributed by atoms with Crippen molar-refractivity contribution < 1.29 is 13.9 Å². The maximum atomic E-state index is 14.0. The number of aryl methyl sites for hydroxylation is 1. The van der Waals surface area contributed by atoms with Crippen LogP contribution in [0.2, 0.25) is 0 Å². The predicted molar refractivity (Wildman–Crippen MR) is 110 cm³/mol. The summed E-state index contributed by atoms with van der Waals surface area (Å²) in [6.45, 7) is 4.49. The molecule has 6 nitrogen and oxygen atoms in total. The first kappa shape index (κ1) is 19.3. The van der Waals surface area contributed by atoms with Gasteiger partial charge >= 0.3 is 0 Å². The van der Waals surface area contributed by atoms with Crippen molar-refractivity contribution in [3.8, 4) is 5.75 Å². The van der Waals surface area contributed by atoms with Crippen molar-refractivity contribution in [2.24, 2.45) is 0 Å². The summed E-state index contributed by atoms with van der Waals surface area (Å²) in [5.74, 6) is 0.339. The molecule has 2 aromatic carbocycles. The minimum atomic E-state index is -0.234.